The van der Waals surface area contributed by atoms with Gasteiger partial charge in [0.25, 0.3) is 0 Å². The van der Waals surface area contributed by atoms with Gasteiger partial charge in [-0.3, -0.25) is 0 Å². The van der Waals surface area contributed by atoms with E-state index in [0.717, 1.165) is 0 Å². The van der Waals surface area contributed by atoms with Gasteiger partial charge in [-0.25, -0.2) is 0 Å². The molecular formula is HMnO4Zn. The second kappa shape index (κ2) is 2.64. The maximum atomic E-state index is 8.69. The van der Waals surface area contributed by atoms with Crippen LogP contribution in [0.15, 0.2) is 0 Å². The van der Waals surface area contributed by atoms with Gasteiger partial charge in [0.1, 0.15) is 0 Å². The first kappa shape index (κ1) is 9.71. The third-order valence-electron chi connectivity index (χ3n) is 0. The molecule has 0 rings (SSSR count). The average Bonchev–Trinajstić information content (AvgIpc) is 0.722. The van der Waals surface area contributed by atoms with Crippen LogP contribution in [-0.2, 0) is 44.0 Å². The van der Waals surface area contributed by atoms with Crippen LogP contribution in [0.1, 0.15) is 0 Å². The van der Waals surface area contributed by atoms with Gasteiger partial charge in [0, 0.05) is 19.5 Å². The number of rotatable bonds is 0. The number of hydrogen-bond donors (Lipinski definition) is 1. The van der Waals surface area contributed by atoms with E-state index in [2.05, 4.69) is 0 Å². The summed E-state index contributed by atoms with van der Waals surface area (Å²) < 4.78 is 33.1. The van der Waals surface area contributed by atoms with Crippen molar-refractivity contribution in [2.75, 3.05) is 0 Å². The van der Waals surface area contributed by atoms with Crippen LogP contribution in [-0.4, -0.2) is 4.19 Å². The molecule has 0 spiro atoms. The van der Waals surface area contributed by atoms with Gasteiger partial charge >= 0.3 is 28.7 Å². The SMILES string of the molecule is [O]=[Mn](=[O])(=[O])[OH].[Zn]. The summed E-state index contributed by atoms with van der Waals surface area (Å²) in [6.45, 7) is 0. The van der Waals surface area contributed by atoms with Crippen molar-refractivity contribution in [1.29, 1.82) is 0 Å². The Hall–Kier alpha value is 0.503. The molecule has 0 aromatic heterocycles. The fourth-order valence-corrected chi connectivity index (χ4v) is 0. The van der Waals surface area contributed by atoms with Crippen LogP contribution in [0.3, 0.4) is 0 Å². The van der Waals surface area contributed by atoms with Crippen LogP contribution in [0.4, 0.5) is 0 Å². The van der Waals surface area contributed by atoms with E-state index in [1.54, 1.807) is 0 Å². The quantitative estimate of drug-likeness (QED) is 0.496. The van der Waals surface area contributed by atoms with E-state index in [1.165, 1.54) is 0 Å². The van der Waals surface area contributed by atoms with Crippen molar-refractivity contribution < 1.29 is 48.1 Å². The van der Waals surface area contributed by atoms with Crippen LogP contribution in [0.2, 0.25) is 0 Å². The summed E-state index contributed by atoms with van der Waals surface area (Å²) in [5.74, 6) is 0. The van der Waals surface area contributed by atoms with Crippen molar-refractivity contribution in [1.82, 2.24) is 0 Å². The summed E-state index contributed by atoms with van der Waals surface area (Å²) in [6.07, 6.45) is 0. The van der Waals surface area contributed by atoms with E-state index in [-0.39, 0.29) is 19.5 Å². The third kappa shape index (κ3) is 218. The molecular weight excluding hydrogens is 184 g/mol. The Balaban J connectivity index is 0. The van der Waals surface area contributed by atoms with Crippen molar-refractivity contribution in [3.8, 4) is 0 Å². The van der Waals surface area contributed by atoms with E-state index in [9.17, 15) is 0 Å². The van der Waals surface area contributed by atoms with Gasteiger partial charge < -0.3 is 0 Å². The van der Waals surface area contributed by atoms with E-state index in [1.807, 2.05) is 0 Å². The van der Waals surface area contributed by atoms with Crippen molar-refractivity contribution >= 4 is 0 Å². The van der Waals surface area contributed by atoms with Gasteiger partial charge in [-0.2, -0.15) is 0 Å². The molecule has 0 aromatic carbocycles. The van der Waals surface area contributed by atoms with Gasteiger partial charge in [0.05, 0.1) is 0 Å². The molecule has 0 atom stereocenters. The Morgan fingerprint density at radius 1 is 1.17 bits per heavy atom. The molecule has 0 radical (unpaired) electrons. The Morgan fingerprint density at radius 2 is 1.17 bits per heavy atom. The molecule has 0 unspecified atom stereocenters. The minimum atomic E-state index is -5.38. The second-order valence-electron chi connectivity index (χ2n) is 0.396. The van der Waals surface area contributed by atoms with Gasteiger partial charge in [-0.1, -0.05) is 0 Å². The first-order valence-corrected chi connectivity index (χ1v) is 2.61. The van der Waals surface area contributed by atoms with Crippen molar-refractivity contribution in [2.24, 2.45) is 0 Å². The predicted molar refractivity (Wildman–Crippen MR) is 4.28 cm³/mol. The summed E-state index contributed by atoms with van der Waals surface area (Å²) in [7, 11) is 0. The minimum absolute atomic E-state index is 0. The van der Waals surface area contributed by atoms with Crippen LogP contribution >= 0.6 is 0 Å². The summed E-state index contributed by atoms with van der Waals surface area (Å²) >= 11 is -5.38. The molecule has 0 saturated heterocycles. The zero-order valence-electron chi connectivity index (χ0n) is 2.76. The molecule has 0 aliphatic heterocycles. The third-order valence-corrected chi connectivity index (χ3v) is 0. The fourth-order valence-electron chi connectivity index (χ4n) is 0. The van der Waals surface area contributed by atoms with E-state index in [0.29, 0.717) is 0 Å². The molecule has 0 aliphatic carbocycles. The molecule has 6 heteroatoms. The van der Waals surface area contributed by atoms with Crippen LogP contribution in [0, 0.1) is 0 Å². The molecule has 0 amide bonds. The smallest absolute Gasteiger partial charge is 0 e. The van der Waals surface area contributed by atoms with Crippen LogP contribution in [0.25, 0.3) is 0 Å². The summed E-state index contributed by atoms with van der Waals surface area (Å²) in [6, 6.07) is 0. The summed E-state index contributed by atoms with van der Waals surface area (Å²) in [5.41, 5.74) is 0. The molecule has 0 aromatic rings. The largest absolute Gasteiger partial charge is 0 e. The molecule has 0 bridgehead atoms. The molecule has 0 saturated carbocycles. The fraction of sp³-hybridized carbons (Fsp3) is 0. The normalized spacial score (nSPS) is 9.50. The van der Waals surface area contributed by atoms with E-state index < -0.39 is 13.0 Å². The first-order chi connectivity index (χ1) is 2.00. The minimum Gasteiger partial charge on any atom is 0 e. The zero-order valence-corrected chi connectivity index (χ0v) is 6.90. The van der Waals surface area contributed by atoms with Gasteiger partial charge in [-0.15, -0.1) is 0 Å². The topological polar surface area (TPSA) is 71.4 Å². The maximum Gasteiger partial charge on any atom is 0 e. The molecule has 0 aliphatic rings. The first-order valence-electron chi connectivity index (χ1n) is 0.632. The van der Waals surface area contributed by atoms with Crippen molar-refractivity contribution in [3.05, 3.63) is 0 Å². The Labute approximate surface area is 48.5 Å². The monoisotopic (exact) mass is 184 g/mol. The Kier molecular flexibility index (Phi) is 4.27. The average molecular weight is 185 g/mol. The molecule has 1 N–H and O–H groups in total. The Morgan fingerprint density at radius 3 is 1.17 bits per heavy atom. The predicted octanol–water partition coefficient (Wildman–Crippen LogP) is -0.918. The molecule has 4 nitrogen and oxygen atoms in total. The zero-order chi connectivity index (χ0) is 4.50. The summed E-state index contributed by atoms with van der Waals surface area (Å²) in [4.78, 5) is 0. The van der Waals surface area contributed by atoms with Gasteiger partial charge in [0.15, 0.2) is 0 Å². The molecule has 0 fully saturated rings. The van der Waals surface area contributed by atoms with Gasteiger partial charge in [-0.05, 0) is 0 Å². The maximum absolute atomic E-state index is 8.69. The molecule has 6 heavy (non-hydrogen) atoms. The Bertz CT molecular complexity index is 129. The van der Waals surface area contributed by atoms with Crippen LogP contribution in [0.5, 0.6) is 0 Å². The van der Waals surface area contributed by atoms with Gasteiger partial charge in [0.2, 0.25) is 0 Å². The van der Waals surface area contributed by atoms with E-state index in [4.69, 9.17) is 15.7 Å². The standard InChI is InChI=1S/Mn.H2O.3O.Zn/h;1H2;;;;/q+1;;;;;/p-1. The molecule has 0 heterocycles. The van der Waals surface area contributed by atoms with Crippen molar-refractivity contribution in [2.45, 2.75) is 0 Å². The summed E-state index contributed by atoms with van der Waals surface area (Å²) in [5, 5.41) is 0. The molecule has 34 valence electrons. The van der Waals surface area contributed by atoms with Crippen molar-refractivity contribution in [3.63, 3.8) is 0 Å². The van der Waals surface area contributed by atoms with E-state index >= 15 is 0 Å². The van der Waals surface area contributed by atoms with Crippen LogP contribution < -0.4 is 0 Å². The number of hydrogen-bond acceptors (Lipinski definition) is 3. The second-order valence-corrected chi connectivity index (χ2v) is 1.63.